The molecule has 0 bridgehead atoms. The molecule has 1 aromatic heterocycles. The van der Waals surface area contributed by atoms with Crippen LogP contribution < -0.4 is 5.56 Å². The number of nitro groups is 1. The Hall–Kier alpha value is -1.29. The highest BCUT2D eigenvalue weighted by molar-refractivity contribution is 14.1. The van der Waals surface area contributed by atoms with Crippen molar-refractivity contribution in [2.45, 2.75) is 13.5 Å². The Morgan fingerprint density at radius 3 is 2.80 bits per heavy atom. The van der Waals surface area contributed by atoms with Crippen LogP contribution >= 0.6 is 38.5 Å². The summed E-state index contributed by atoms with van der Waals surface area (Å²) in [6, 6.07) is 4.46. The van der Waals surface area contributed by atoms with Gasteiger partial charge in [-0.3, -0.25) is 19.5 Å². The summed E-state index contributed by atoms with van der Waals surface area (Å²) in [4.78, 5) is 26.4. The first-order valence-corrected chi connectivity index (χ1v) is 7.41. The molecule has 1 aromatic carbocycles. The molecule has 6 nitrogen and oxygen atoms in total. The molecule has 0 aliphatic heterocycles. The molecule has 2 aromatic rings. The number of benzene rings is 1. The van der Waals surface area contributed by atoms with Gasteiger partial charge in [0.05, 0.1) is 27.1 Å². The van der Waals surface area contributed by atoms with Crippen LogP contribution in [-0.4, -0.2) is 14.5 Å². The summed E-state index contributed by atoms with van der Waals surface area (Å²) >= 11 is 5.25. The molecule has 0 N–H and O–H groups in total. The zero-order valence-electron chi connectivity index (χ0n) is 10.3. The van der Waals surface area contributed by atoms with Gasteiger partial charge in [0.2, 0.25) is 0 Å². The minimum absolute atomic E-state index is 0.00424. The molecule has 0 radical (unpaired) electrons. The summed E-state index contributed by atoms with van der Waals surface area (Å²) in [5.41, 5.74) is 1.35. The predicted molar refractivity (Wildman–Crippen MR) is 85.8 cm³/mol. The first-order chi connectivity index (χ1) is 9.40. The first-order valence-electron chi connectivity index (χ1n) is 5.54. The van der Waals surface area contributed by atoms with Crippen LogP contribution in [-0.2, 0) is 6.54 Å². The minimum Gasteiger partial charge on any atom is -0.294 e. The van der Waals surface area contributed by atoms with E-state index in [2.05, 4.69) is 20.9 Å². The smallest absolute Gasteiger partial charge is 0.270 e. The van der Waals surface area contributed by atoms with Crippen LogP contribution in [0.1, 0.15) is 11.3 Å². The zero-order chi connectivity index (χ0) is 14.9. The molecular weight excluding hydrogens is 441 g/mol. The fourth-order valence-corrected chi connectivity index (χ4v) is 2.56. The molecule has 0 saturated heterocycles. The molecule has 1 heterocycles. The van der Waals surface area contributed by atoms with Crippen molar-refractivity contribution in [1.29, 1.82) is 0 Å². The van der Waals surface area contributed by atoms with Crippen molar-refractivity contribution in [3.05, 3.63) is 64.3 Å². The SMILES string of the molecule is Cc1ncn(Cc2ccc([N+](=O)[O-])cc2Br)c(=O)c1I. The Morgan fingerprint density at radius 1 is 1.50 bits per heavy atom. The molecule has 0 spiro atoms. The topological polar surface area (TPSA) is 78.0 Å². The molecule has 104 valence electrons. The highest BCUT2D eigenvalue weighted by Crippen LogP contribution is 2.23. The molecule has 0 aliphatic rings. The van der Waals surface area contributed by atoms with E-state index in [0.717, 1.165) is 5.56 Å². The van der Waals surface area contributed by atoms with E-state index in [1.54, 1.807) is 13.0 Å². The van der Waals surface area contributed by atoms with E-state index in [1.165, 1.54) is 23.0 Å². The van der Waals surface area contributed by atoms with Crippen molar-refractivity contribution in [2.75, 3.05) is 0 Å². The molecule has 20 heavy (non-hydrogen) atoms. The van der Waals surface area contributed by atoms with Gasteiger partial charge >= 0.3 is 0 Å². The van der Waals surface area contributed by atoms with E-state index in [-0.39, 0.29) is 11.2 Å². The summed E-state index contributed by atoms with van der Waals surface area (Å²) in [6.45, 7) is 2.08. The Kier molecular flexibility index (Phi) is 4.53. The van der Waals surface area contributed by atoms with Crippen molar-refractivity contribution in [3.8, 4) is 0 Å². The fraction of sp³-hybridized carbons (Fsp3) is 0.167. The van der Waals surface area contributed by atoms with E-state index in [9.17, 15) is 14.9 Å². The minimum atomic E-state index is -0.461. The van der Waals surface area contributed by atoms with Crippen molar-refractivity contribution >= 4 is 44.2 Å². The third kappa shape index (κ3) is 3.06. The van der Waals surface area contributed by atoms with Gasteiger partial charge in [0.1, 0.15) is 0 Å². The van der Waals surface area contributed by atoms with Gasteiger partial charge in [0.25, 0.3) is 11.2 Å². The molecule has 0 unspecified atom stereocenters. The van der Waals surface area contributed by atoms with Crippen molar-refractivity contribution in [2.24, 2.45) is 0 Å². The van der Waals surface area contributed by atoms with Crippen molar-refractivity contribution < 1.29 is 4.92 Å². The molecule has 2 rings (SSSR count). The summed E-state index contributed by atoms with van der Waals surface area (Å²) in [6.07, 6.45) is 1.48. The molecule has 0 amide bonds. The zero-order valence-corrected chi connectivity index (χ0v) is 14.1. The summed E-state index contributed by atoms with van der Waals surface area (Å²) in [5, 5.41) is 10.7. The third-order valence-corrected chi connectivity index (χ3v) is 4.73. The highest BCUT2D eigenvalue weighted by Gasteiger charge is 2.11. The second-order valence-electron chi connectivity index (χ2n) is 4.11. The largest absolute Gasteiger partial charge is 0.294 e. The fourth-order valence-electron chi connectivity index (χ4n) is 1.62. The molecule has 0 saturated carbocycles. The lowest BCUT2D eigenvalue weighted by Gasteiger charge is -2.08. The van der Waals surface area contributed by atoms with Crippen molar-refractivity contribution in [3.63, 3.8) is 0 Å². The van der Waals surface area contributed by atoms with Gasteiger partial charge in [-0.2, -0.15) is 0 Å². The quantitative estimate of drug-likeness (QED) is 0.410. The van der Waals surface area contributed by atoms with Gasteiger partial charge in [0.15, 0.2) is 0 Å². The summed E-state index contributed by atoms with van der Waals surface area (Å²) in [5.74, 6) is 0. The number of rotatable bonds is 3. The van der Waals surface area contributed by atoms with E-state index < -0.39 is 4.92 Å². The maximum atomic E-state index is 12.1. The Bertz CT molecular complexity index is 745. The second kappa shape index (κ2) is 6.00. The van der Waals surface area contributed by atoms with Crippen LogP contribution in [0.15, 0.2) is 33.8 Å². The van der Waals surface area contributed by atoms with Gasteiger partial charge in [0, 0.05) is 16.6 Å². The van der Waals surface area contributed by atoms with Gasteiger partial charge in [-0.1, -0.05) is 15.9 Å². The highest BCUT2D eigenvalue weighted by atomic mass is 127. The second-order valence-corrected chi connectivity index (χ2v) is 6.04. The van der Waals surface area contributed by atoms with Gasteiger partial charge in [-0.15, -0.1) is 0 Å². The Balaban J connectivity index is 2.38. The maximum Gasteiger partial charge on any atom is 0.270 e. The lowest BCUT2D eigenvalue weighted by molar-refractivity contribution is -0.384. The van der Waals surface area contributed by atoms with E-state index in [0.29, 0.717) is 20.3 Å². The van der Waals surface area contributed by atoms with Gasteiger partial charge < -0.3 is 0 Å². The number of aromatic nitrogens is 2. The van der Waals surface area contributed by atoms with Gasteiger partial charge in [-0.05, 0) is 41.1 Å². The number of nitro benzene ring substituents is 1. The summed E-state index contributed by atoms with van der Waals surface area (Å²) < 4.78 is 2.64. The molecule has 0 fully saturated rings. The molecule has 8 heteroatoms. The number of hydrogen-bond donors (Lipinski definition) is 0. The Labute approximate surface area is 136 Å². The number of hydrogen-bond acceptors (Lipinski definition) is 4. The number of halogens is 2. The monoisotopic (exact) mass is 449 g/mol. The van der Waals surface area contributed by atoms with Crippen LogP contribution in [0.4, 0.5) is 5.69 Å². The molecule has 0 atom stereocenters. The number of nitrogens with zero attached hydrogens (tertiary/aromatic N) is 3. The third-order valence-electron chi connectivity index (χ3n) is 2.75. The maximum absolute atomic E-state index is 12.1. The van der Waals surface area contributed by atoms with Crippen LogP contribution in [0.3, 0.4) is 0 Å². The van der Waals surface area contributed by atoms with Crippen LogP contribution in [0.25, 0.3) is 0 Å². The molecule has 0 aliphatic carbocycles. The average Bonchev–Trinajstić information content (AvgIpc) is 2.41. The Morgan fingerprint density at radius 2 is 2.20 bits per heavy atom. The normalized spacial score (nSPS) is 10.6. The van der Waals surface area contributed by atoms with Crippen LogP contribution in [0.5, 0.6) is 0 Å². The van der Waals surface area contributed by atoms with E-state index in [1.807, 2.05) is 22.6 Å². The number of non-ortho nitro benzene ring substituents is 1. The van der Waals surface area contributed by atoms with E-state index in [4.69, 9.17) is 0 Å². The summed E-state index contributed by atoms with van der Waals surface area (Å²) in [7, 11) is 0. The van der Waals surface area contributed by atoms with E-state index >= 15 is 0 Å². The number of aryl methyl sites for hydroxylation is 1. The average molecular weight is 450 g/mol. The standard InChI is InChI=1S/C12H9BrIN3O3/c1-7-11(14)12(18)16(6-15-7)5-8-2-3-9(17(19)20)4-10(8)13/h2-4,6H,5H2,1H3. The van der Waals surface area contributed by atoms with Crippen LogP contribution in [0, 0.1) is 20.6 Å². The predicted octanol–water partition coefficient (Wildman–Crippen LogP) is 2.88. The first kappa shape index (κ1) is 15.1. The lowest BCUT2D eigenvalue weighted by atomic mass is 10.2. The molecular formula is C12H9BrIN3O3. The van der Waals surface area contributed by atoms with Crippen LogP contribution in [0.2, 0.25) is 0 Å². The van der Waals surface area contributed by atoms with Crippen molar-refractivity contribution in [1.82, 2.24) is 9.55 Å². The van der Waals surface area contributed by atoms with Gasteiger partial charge in [-0.25, -0.2) is 4.98 Å². The lowest BCUT2D eigenvalue weighted by Crippen LogP contribution is -2.24.